The lowest BCUT2D eigenvalue weighted by Gasteiger charge is -2.05. The van der Waals surface area contributed by atoms with Crippen LogP contribution in [0.4, 0.5) is 11.4 Å². The second kappa shape index (κ2) is 7.14. The maximum Gasteiger partial charge on any atom is 0.269 e. The van der Waals surface area contributed by atoms with Gasteiger partial charge in [0.25, 0.3) is 15.7 Å². The van der Waals surface area contributed by atoms with E-state index in [4.69, 9.17) is 11.6 Å². The number of nitrogens with one attached hydrogen (secondary N) is 1. The molecule has 26 heavy (non-hydrogen) atoms. The fourth-order valence-electron chi connectivity index (χ4n) is 2.29. The van der Waals surface area contributed by atoms with Crippen molar-refractivity contribution in [3.05, 3.63) is 81.6 Å². The average molecular weight is 393 g/mol. The van der Waals surface area contributed by atoms with Gasteiger partial charge >= 0.3 is 0 Å². The molecule has 0 unspecified atom stereocenters. The van der Waals surface area contributed by atoms with Crippen molar-refractivity contribution in [2.75, 3.05) is 4.72 Å². The predicted molar refractivity (Wildman–Crippen MR) is 96.7 cm³/mol. The maximum absolute atomic E-state index is 12.4. The van der Waals surface area contributed by atoms with Crippen molar-refractivity contribution in [1.82, 2.24) is 9.78 Å². The van der Waals surface area contributed by atoms with E-state index >= 15 is 0 Å². The van der Waals surface area contributed by atoms with E-state index in [0.29, 0.717) is 11.6 Å². The minimum atomic E-state index is -3.87. The fraction of sp³-hybridized carbons (Fsp3) is 0.0625. The first-order chi connectivity index (χ1) is 12.3. The largest absolute Gasteiger partial charge is 0.276 e. The van der Waals surface area contributed by atoms with Gasteiger partial charge in [-0.25, -0.2) is 8.42 Å². The second-order valence-corrected chi connectivity index (χ2v) is 7.53. The van der Waals surface area contributed by atoms with Crippen molar-refractivity contribution < 1.29 is 13.3 Å². The van der Waals surface area contributed by atoms with Gasteiger partial charge in [-0.1, -0.05) is 23.7 Å². The van der Waals surface area contributed by atoms with Crippen LogP contribution in [0, 0.1) is 10.1 Å². The van der Waals surface area contributed by atoms with Crippen molar-refractivity contribution in [2.24, 2.45) is 0 Å². The molecule has 3 aromatic rings. The number of non-ortho nitro benzene ring substituents is 1. The molecule has 0 amide bonds. The number of anilines is 1. The molecule has 1 N–H and O–H groups in total. The second-order valence-electron chi connectivity index (χ2n) is 5.41. The molecule has 0 bridgehead atoms. The molecule has 0 radical (unpaired) electrons. The van der Waals surface area contributed by atoms with Crippen LogP contribution in [0.15, 0.2) is 65.8 Å². The van der Waals surface area contributed by atoms with E-state index < -0.39 is 14.9 Å². The van der Waals surface area contributed by atoms with Crippen molar-refractivity contribution in [1.29, 1.82) is 0 Å². The Morgan fingerprint density at radius 3 is 2.58 bits per heavy atom. The Morgan fingerprint density at radius 2 is 1.92 bits per heavy atom. The van der Waals surface area contributed by atoms with Gasteiger partial charge in [0.2, 0.25) is 0 Å². The number of aromatic nitrogens is 2. The highest BCUT2D eigenvalue weighted by Crippen LogP contribution is 2.19. The summed E-state index contributed by atoms with van der Waals surface area (Å²) in [4.78, 5) is 9.98. The summed E-state index contributed by atoms with van der Waals surface area (Å²) in [6.07, 6.45) is 2.93. The van der Waals surface area contributed by atoms with Crippen molar-refractivity contribution in [3.63, 3.8) is 0 Å². The molecule has 0 aliphatic carbocycles. The summed E-state index contributed by atoms with van der Waals surface area (Å²) in [7, 11) is -3.87. The van der Waals surface area contributed by atoms with E-state index in [-0.39, 0.29) is 16.3 Å². The number of halogens is 1. The summed E-state index contributed by atoms with van der Waals surface area (Å²) in [6.45, 7) is 0.430. The number of rotatable bonds is 6. The van der Waals surface area contributed by atoms with E-state index in [1.54, 1.807) is 23.0 Å². The van der Waals surface area contributed by atoms with Gasteiger partial charge in [0, 0.05) is 23.4 Å². The number of nitrogens with zero attached hydrogens (tertiary/aromatic N) is 3. The molecule has 0 aliphatic rings. The molecule has 0 atom stereocenters. The number of sulfonamides is 1. The summed E-state index contributed by atoms with van der Waals surface area (Å²) in [6, 6.07) is 11.9. The van der Waals surface area contributed by atoms with Gasteiger partial charge in [0.15, 0.2) is 0 Å². The minimum Gasteiger partial charge on any atom is -0.276 e. The fourth-order valence-corrected chi connectivity index (χ4v) is 3.53. The predicted octanol–water partition coefficient (Wildman–Crippen LogP) is 3.29. The summed E-state index contributed by atoms with van der Waals surface area (Å²) < 4.78 is 28.7. The molecule has 2 aromatic carbocycles. The van der Waals surface area contributed by atoms with Crippen LogP contribution in [0.2, 0.25) is 5.02 Å². The zero-order chi connectivity index (χ0) is 18.7. The first-order valence-electron chi connectivity index (χ1n) is 7.38. The third-order valence-corrected chi connectivity index (χ3v) is 5.11. The quantitative estimate of drug-likeness (QED) is 0.511. The van der Waals surface area contributed by atoms with Crippen LogP contribution in [0.3, 0.4) is 0 Å². The highest BCUT2D eigenvalue weighted by Gasteiger charge is 2.17. The highest BCUT2D eigenvalue weighted by atomic mass is 35.5. The lowest BCUT2D eigenvalue weighted by molar-refractivity contribution is -0.384. The number of nitro groups is 1. The first-order valence-corrected chi connectivity index (χ1v) is 9.24. The Balaban J connectivity index is 1.74. The standard InChI is InChI=1S/C16H13ClN4O4S/c17-13-3-1-2-12(8-13)10-20-11-14(9-18-20)19-26(24,25)16-6-4-15(5-7-16)21(22)23/h1-9,11,19H,10H2. The number of hydrogen-bond acceptors (Lipinski definition) is 5. The Morgan fingerprint density at radius 1 is 1.19 bits per heavy atom. The van der Waals surface area contributed by atoms with Gasteiger partial charge in [0.1, 0.15) is 0 Å². The van der Waals surface area contributed by atoms with E-state index in [2.05, 4.69) is 9.82 Å². The van der Waals surface area contributed by atoms with Gasteiger partial charge in [-0.05, 0) is 29.8 Å². The lowest BCUT2D eigenvalue weighted by atomic mass is 10.2. The number of benzene rings is 2. The van der Waals surface area contributed by atoms with Crippen LogP contribution in [0.25, 0.3) is 0 Å². The van der Waals surface area contributed by atoms with Gasteiger partial charge in [-0.3, -0.25) is 19.5 Å². The van der Waals surface area contributed by atoms with Gasteiger partial charge in [-0.2, -0.15) is 5.10 Å². The Hall–Kier alpha value is -2.91. The van der Waals surface area contributed by atoms with Crippen molar-refractivity contribution >= 4 is 33.0 Å². The minimum absolute atomic E-state index is 0.0781. The van der Waals surface area contributed by atoms with Crippen LogP contribution < -0.4 is 4.72 Å². The monoisotopic (exact) mass is 392 g/mol. The Kier molecular flexibility index (Phi) is 4.92. The van der Waals surface area contributed by atoms with Gasteiger partial charge < -0.3 is 0 Å². The molecule has 3 rings (SSSR count). The van der Waals surface area contributed by atoms with E-state index in [1.807, 2.05) is 12.1 Å². The topological polar surface area (TPSA) is 107 Å². The van der Waals surface area contributed by atoms with Gasteiger partial charge in [-0.15, -0.1) is 0 Å². The van der Waals surface area contributed by atoms with Crippen LogP contribution in [0.1, 0.15) is 5.56 Å². The third kappa shape index (κ3) is 4.19. The van der Waals surface area contributed by atoms with Gasteiger partial charge in [0.05, 0.1) is 28.2 Å². The van der Waals surface area contributed by atoms with Crippen molar-refractivity contribution in [2.45, 2.75) is 11.4 Å². The molecular weight excluding hydrogens is 380 g/mol. The molecular formula is C16H13ClN4O4S. The van der Waals surface area contributed by atoms with E-state index in [1.165, 1.54) is 18.3 Å². The maximum atomic E-state index is 12.4. The molecule has 0 saturated carbocycles. The zero-order valence-electron chi connectivity index (χ0n) is 13.2. The van der Waals surface area contributed by atoms with E-state index in [0.717, 1.165) is 17.7 Å². The summed E-state index contributed by atoms with van der Waals surface area (Å²) >= 11 is 5.94. The molecule has 10 heteroatoms. The highest BCUT2D eigenvalue weighted by molar-refractivity contribution is 7.92. The molecule has 0 fully saturated rings. The molecule has 0 aliphatic heterocycles. The van der Waals surface area contributed by atoms with Crippen molar-refractivity contribution in [3.8, 4) is 0 Å². The molecule has 0 spiro atoms. The first kappa shape index (κ1) is 17.9. The van der Waals surface area contributed by atoms with Crippen LogP contribution in [0.5, 0.6) is 0 Å². The Labute approximate surface area is 154 Å². The number of nitro benzene ring substituents is 1. The summed E-state index contributed by atoms with van der Waals surface area (Å²) in [5.41, 5.74) is 1.02. The van der Waals surface area contributed by atoms with Crippen LogP contribution in [-0.2, 0) is 16.6 Å². The molecule has 1 aromatic heterocycles. The van der Waals surface area contributed by atoms with Crippen LogP contribution in [-0.4, -0.2) is 23.1 Å². The molecule has 0 saturated heterocycles. The smallest absolute Gasteiger partial charge is 0.269 e. The number of hydrogen-bond donors (Lipinski definition) is 1. The lowest BCUT2D eigenvalue weighted by Crippen LogP contribution is -2.12. The van der Waals surface area contributed by atoms with E-state index in [9.17, 15) is 18.5 Å². The Bertz CT molecular complexity index is 1050. The molecule has 134 valence electrons. The summed E-state index contributed by atoms with van der Waals surface area (Å²) in [5.74, 6) is 0. The SMILES string of the molecule is O=[N+]([O-])c1ccc(S(=O)(=O)Nc2cnn(Cc3cccc(Cl)c3)c2)cc1. The normalized spacial score (nSPS) is 11.3. The molecule has 8 nitrogen and oxygen atoms in total. The summed E-state index contributed by atoms with van der Waals surface area (Å²) in [5, 5.41) is 15.4. The average Bonchev–Trinajstić information content (AvgIpc) is 3.01. The third-order valence-electron chi connectivity index (χ3n) is 3.48. The zero-order valence-corrected chi connectivity index (χ0v) is 14.8. The van der Waals surface area contributed by atoms with Crippen LogP contribution >= 0.6 is 11.6 Å². The molecule has 1 heterocycles.